The Bertz CT molecular complexity index is 1260. The zero-order chi connectivity index (χ0) is 22.0. The average molecular weight is 428 g/mol. The van der Waals surface area contributed by atoms with Gasteiger partial charge in [0.05, 0.1) is 17.7 Å². The van der Waals surface area contributed by atoms with E-state index in [0.29, 0.717) is 0 Å². The van der Waals surface area contributed by atoms with E-state index in [1.165, 1.54) is 36.8 Å². The number of benzene rings is 2. The lowest BCUT2D eigenvalue weighted by molar-refractivity contribution is -0.115. The predicted octanol–water partition coefficient (Wildman–Crippen LogP) is 4.54. The van der Waals surface area contributed by atoms with Gasteiger partial charge >= 0.3 is 0 Å². The summed E-state index contributed by atoms with van der Waals surface area (Å²) in [6.45, 7) is 0. The van der Waals surface area contributed by atoms with Gasteiger partial charge in [0, 0.05) is 11.8 Å². The molecule has 0 aliphatic carbocycles. The minimum absolute atomic E-state index is 0.0224. The lowest BCUT2D eigenvalue weighted by Gasteiger charge is -2.07. The van der Waals surface area contributed by atoms with E-state index in [4.69, 9.17) is 4.52 Å². The number of nitrogens with zero attached hydrogens (tertiary/aromatic N) is 3. The van der Waals surface area contributed by atoms with Crippen LogP contribution in [0, 0.1) is 23.3 Å². The Balaban J connectivity index is 1.75. The molecule has 0 unspecified atom stereocenters. The maximum Gasteiger partial charge on any atom is 0.241 e. The normalized spacial score (nSPS) is 10.8. The molecule has 0 spiro atoms. The van der Waals surface area contributed by atoms with E-state index < -0.39 is 34.7 Å². The van der Waals surface area contributed by atoms with Gasteiger partial charge in [-0.2, -0.15) is 0 Å². The molecule has 31 heavy (non-hydrogen) atoms. The van der Waals surface area contributed by atoms with Gasteiger partial charge in [0.1, 0.15) is 17.8 Å². The molecule has 2 aromatic carbocycles. The molecule has 0 radical (unpaired) electrons. The Morgan fingerprint density at radius 3 is 2.52 bits per heavy atom. The van der Waals surface area contributed by atoms with Crippen LogP contribution in [0.2, 0.25) is 0 Å². The van der Waals surface area contributed by atoms with Crippen LogP contribution in [0.5, 0.6) is 0 Å². The molecule has 156 valence electrons. The zero-order valence-corrected chi connectivity index (χ0v) is 15.6. The van der Waals surface area contributed by atoms with Gasteiger partial charge in [-0.15, -0.1) is 0 Å². The fourth-order valence-corrected chi connectivity index (χ4v) is 2.93. The molecule has 4 aromatic rings. The summed E-state index contributed by atoms with van der Waals surface area (Å²) >= 11 is 0. The summed E-state index contributed by atoms with van der Waals surface area (Å²) in [6, 6.07) is 8.89. The molecule has 1 amide bonds. The fourth-order valence-electron chi connectivity index (χ4n) is 2.93. The molecule has 0 bridgehead atoms. The van der Waals surface area contributed by atoms with E-state index in [1.54, 1.807) is 6.07 Å². The summed E-state index contributed by atoms with van der Waals surface area (Å²) in [5.41, 5.74) is -0.261. The van der Waals surface area contributed by atoms with Gasteiger partial charge in [-0.05, 0) is 29.8 Å². The van der Waals surface area contributed by atoms with E-state index in [2.05, 4.69) is 20.4 Å². The molecule has 4 rings (SSSR count). The van der Waals surface area contributed by atoms with Crippen LogP contribution in [0.3, 0.4) is 0 Å². The van der Waals surface area contributed by atoms with Crippen LogP contribution >= 0.6 is 0 Å². The maximum absolute atomic E-state index is 14.4. The number of hydrogen-bond acceptors (Lipinski definition) is 5. The van der Waals surface area contributed by atoms with Crippen LogP contribution in [0.4, 0.5) is 23.4 Å². The molecule has 6 nitrogen and oxygen atoms in total. The van der Waals surface area contributed by atoms with Crippen molar-refractivity contribution in [1.82, 2.24) is 15.1 Å². The topological polar surface area (TPSA) is 80.9 Å². The first kappa shape index (κ1) is 20.2. The van der Waals surface area contributed by atoms with Gasteiger partial charge in [-0.1, -0.05) is 23.4 Å². The minimum Gasteiger partial charge on any atom is -0.337 e. The minimum atomic E-state index is -1.68. The number of anilines is 1. The molecule has 0 aliphatic heterocycles. The molecule has 2 heterocycles. The standard InChI is InChI=1S/C21H12F4N4O2/c22-13-4-2-1-3-11(13)9-16(30)28-21-17(15-7-8-26-10-27-15)20(29-31-21)12-5-6-14(23)19(25)18(12)24/h1-8,10H,9H2,(H,28,30). The second kappa shape index (κ2) is 8.34. The number of nitrogens with one attached hydrogen (secondary N) is 1. The molecule has 0 saturated carbocycles. The lowest BCUT2D eigenvalue weighted by atomic mass is 10.0. The average Bonchev–Trinajstić information content (AvgIpc) is 3.17. The number of aromatic nitrogens is 3. The Kier molecular flexibility index (Phi) is 5.44. The van der Waals surface area contributed by atoms with Gasteiger partial charge in [0.15, 0.2) is 17.5 Å². The Labute approximate surface area is 172 Å². The van der Waals surface area contributed by atoms with E-state index >= 15 is 0 Å². The maximum atomic E-state index is 14.4. The van der Waals surface area contributed by atoms with Crippen molar-refractivity contribution < 1.29 is 26.9 Å². The first-order valence-electron chi connectivity index (χ1n) is 8.89. The van der Waals surface area contributed by atoms with Crippen molar-refractivity contribution in [3.8, 4) is 22.5 Å². The van der Waals surface area contributed by atoms with E-state index in [9.17, 15) is 22.4 Å². The summed E-state index contributed by atoms with van der Waals surface area (Å²) < 4.78 is 60.5. The monoisotopic (exact) mass is 428 g/mol. The zero-order valence-electron chi connectivity index (χ0n) is 15.6. The number of rotatable bonds is 5. The third kappa shape index (κ3) is 4.00. The van der Waals surface area contributed by atoms with Crippen molar-refractivity contribution in [3.63, 3.8) is 0 Å². The smallest absolute Gasteiger partial charge is 0.241 e. The Morgan fingerprint density at radius 1 is 0.968 bits per heavy atom. The van der Waals surface area contributed by atoms with Crippen molar-refractivity contribution in [3.05, 3.63) is 83.8 Å². The summed E-state index contributed by atoms with van der Waals surface area (Å²) in [5.74, 6) is -5.96. The van der Waals surface area contributed by atoms with Gasteiger partial charge in [-0.3, -0.25) is 10.1 Å². The highest BCUT2D eigenvalue weighted by atomic mass is 19.2. The van der Waals surface area contributed by atoms with Crippen molar-refractivity contribution in [2.45, 2.75) is 6.42 Å². The van der Waals surface area contributed by atoms with Crippen LogP contribution in [0.15, 0.2) is 59.5 Å². The van der Waals surface area contributed by atoms with Crippen molar-refractivity contribution in [2.24, 2.45) is 0 Å². The molecule has 0 aliphatic rings. The highest BCUT2D eigenvalue weighted by Gasteiger charge is 2.26. The second-order valence-corrected chi connectivity index (χ2v) is 6.37. The molecule has 2 aromatic heterocycles. The molecular weight excluding hydrogens is 416 g/mol. The lowest BCUT2D eigenvalue weighted by Crippen LogP contribution is -2.15. The Morgan fingerprint density at radius 2 is 1.77 bits per heavy atom. The van der Waals surface area contributed by atoms with E-state index in [-0.39, 0.29) is 34.8 Å². The van der Waals surface area contributed by atoms with Crippen molar-refractivity contribution >= 4 is 11.8 Å². The van der Waals surface area contributed by atoms with Crippen LogP contribution in [-0.2, 0) is 11.2 Å². The molecule has 1 N–H and O–H groups in total. The summed E-state index contributed by atoms with van der Waals surface area (Å²) in [6.07, 6.45) is 2.26. The van der Waals surface area contributed by atoms with E-state index in [0.717, 1.165) is 12.1 Å². The van der Waals surface area contributed by atoms with Gasteiger partial charge in [-0.25, -0.2) is 27.5 Å². The molecule has 0 atom stereocenters. The number of amides is 1. The highest BCUT2D eigenvalue weighted by molar-refractivity contribution is 5.97. The largest absolute Gasteiger partial charge is 0.337 e. The van der Waals surface area contributed by atoms with Crippen LogP contribution in [0.1, 0.15) is 5.56 Å². The second-order valence-electron chi connectivity index (χ2n) is 6.37. The third-order valence-corrected chi connectivity index (χ3v) is 4.38. The summed E-state index contributed by atoms with van der Waals surface area (Å²) in [5, 5.41) is 6.15. The molecule has 0 saturated heterocycles. The Hall–Kier alpha value is -4.08. The molecule has 10 heteroatoms. The fraction of sp³-hybridized carbons (Fsp3) is 0.0476. The number of carbonyl (C=O) groups excluding carboxylic acids is 1. The van der Waals surface area contributed by atoms with Crippen molar-refractivity contribution in [2.75, 3.05) is 5.32 Å². The third-order valence-electron chi connectivity index (χ3n) is 4.38. The van der Waals surface area contributed by atoms with Gasteiger partial charge in [0.25, 0.3) is 0 Å². The molecule has 0 fully saturated rings. The van der Waals surface area contributed by atoms with E-state index in [1.807, 2.05) is 0 Å². The van der Waals surface area contributed by atoms with Gasteiger partial charge in [0.2, 0.25) is 11.8 Å². The highest BCUT2D eigenvalue weighted by Crippen LogP contribution is 2.38. The first-order chi connectivity index (χ1) is 15.0. The van der Waals surface area contributed by atoms with Crippen LogP contribution < -0.4 is 5.32 Å². The summed E-state index contributed by atoms with van der Waals surface area (Å²) in [7, 11) is 0. The summed E-state index contributed by atoms with van der Waals surface area (Å²) in [4.78, 5) is 20.3. The predicted molar refractivity (Wildman–Crippen MR) is 102 cm³/mol. The van der Waals surface area contributed by atoms with Crippen LogP contribution in [-0.4, -0.2) is 21.0 Å². The number of hydrogen-bond donors (Lipinski definition) is 1. The SMILES string of the molecule is O=C(Cc1ccccc1F)Nc1onc(-c2ccc(F)c(F)c2F)c1-c1ccncn1. The van der Waals surface area contributed by atoms with Crippen LogP contribution in [0.25, 0.3) is 22.5 Å². The quantitative estimate of drug-likeness (QED) is 0.373. The number of halogens is 4. The number of carbonyl (C=O) groups is 1. The molecular formula is C21H12F4N4O2. The first-order valence-corrected chi connectivity index (χ1v) is 8.89. The van der Waals surface area contributed by atoms with Gasteiger partial charge < -0.3 is 4.52 Å². The van der Waals surface area contributed by atoms with Crippen molar-refractivity contribution in [1.29, 1.82) is 0 Å².